The third-order valence-corrected chi connectivity index (χ3v) is 4.15. The number of amides is 1. The predicted molar refractivity (Wildman–Crippen MR) is 84.9 cm³/mol. The van der Waals surface area contributed by atoms with Crippen LogP contribution in [0.5, 0.6) is 0 Å². The lowest BCUT2D eigenvalue weighted by Gasteiger charge is -2.39. The average Bonchev–Trinajstić information content (AvgIpc) is 2.95. The monoisotopic (exact) mass is 318 g/mol. The summed E-state index contributed by atoms with van der Waals surface area (Å²) in [7, 11) is 0. The Morgan fingerprint density at radius 2 is 2.13 bits per heavy atom. The summed E-state index contributed by atoms with van der Waals surface area (Å²) >= 11 is 0. The third-order valence-electron chi connectivity index (χ3n) is 4.15. The van der Waals surface area contributed by atoms with Crippen molar-refractivity contribution in [2.24, 2.45) is 5.92 Å². The van der Waals surface area contributed by atoms with Crippen LogP contribution in [0.4, 0.5) is 0 Å². The molecule has 3 rings (SSSR count). The van der Waals surface area contributed by atoms with Crippen LogP contribution in [-0.4, -0.2) is 61.0 Å². The lowest BCUT2D eigenvalue weighted by Crippen LogP contribution is -2.56. The summed E-state index contributed by atoms with van der Waals surface area (Å²) in [6.45, 7) is 8.89. The summed E-state index contributed by atoms with van der Waals surface area (Å²) in [4.78, 5) is 36.8. The molecule has 2 aromatic heterocycles. The van der Waals surface area contributed by atoms with E-state index in [0.29, 0.717) is 30.5 Å². The molecular weight excluding hydrogens is 296 g/mol. The highest BCUT2D eigenvalue weighted by atomic mass is 16.2. The predicted octanol–water partition coefficient (Wildman–Crippen LogP) is 0.106. The van der Waals surface area contributed by atoms with E-state index in [0.717, 1.165) is 13.1 Å². The van der Waals surface area contributed by atoms with E-state index in [2.05, 4.69) is 33.8 Å². The van der Waals surface area contributed by atoms with Gasteiger partial charge in [0.1, 0.15) is 6.33 Å². The van der Waals surface area contributed by atoms with Gasteiger partial charge in [0.2, 0.25) is 5.91 Å². The van der Waals surface area contributed by atoms with Gasteiger partial charge >= 0.3 is 0 Å². The van der Waals surface area contributed by atoms with Gasteiger partial charge in [-0.3, -0.25) is 19.6 Å². The highest BCUT2D eigenvalue weighted by Crippen LogP contribution is 2.15. The molecule has 1 aliphatic heterocycles. The zero-order valence-electron chi connectivity index (χ0n) is 13.7. The fourth-order valence-corrected chi connectivity index (χ4v) is 2.97. The third kappa shape index (κ3) is 3.12. The van der Waals surface area contributed by atoms with Gasteiger partial charge in [0.05, 0.1) is 11.7 Å². The van der Waals surface area contributed by atoms with Gasteiger partial charge in [0.25, 0.3) is 11.3 Å². The number of rotatable bonds is 4. The summed E-state index contributed by atoms with van der Waals surface area (Å²) < 4.78 is 1.29. The minimum absolute atomic E-state index is 0.141. The van der Waals surface area contributed by atoms with Gasteiger partial charge in [0, 0.05) is 32.2 Å². The Hall–Kier alpha value is -2.22. The number of hydrogen-bond acceptors (Lipinski definition) is 5. The van der Waals surface area contributed by atoms with Gasteiger partial charge in [-0.05, 0) is 12.8 Å². The van der Waals surface area contributed by atoms with Crippen molar-refractivity contribution in [2.75, 3.05) is 19.6 Å². The van der Waals surface area contributed by atoms with Crippen LogP contribution in [0.1, 0.15) is 26.5 Å². The van der Waals surface area contributed by atoms with Crippen LogP contribution < -0.4 is 5.56 Å². The van der Waals surface area contributed by atoms with Gasteiger partial charge in [0.15, 0.2) is 0 Å². The SMILES string of the molecule is CC(C)CN1CCN(Cc2cc(=O)n3[nH]cnc3n2)[C@H](C)C1=O. The number of carbonyl (C=O) groups excluding carboxylic acids is 1. The van der Waals surface area contributed by atoms with Crippen LogP contribution in [0.15, 0.2) is 17.2 Å². The normalized spacial score (nSPS) is 19.9. The number of nitrogens with one attached hydrogen (secondary N) is 1. The van der Waals surface area contributed by atoms with Crippen molar-refractivity contribution >= 4 is 11.7 Å². The van der Waals surface area contributed by atoms with E-state index in [1.807, 2.05) is 11.8 Å². The van der Waals surface area contributed by atoms with Crippen LogP contribution in [0, 0.1) is 5.92 Å². The molecule has 0 bridgehead atoms. The first-order chi connectivity index (χ1) is 11.0. The Kier molecular flexibility index (Phi) is 4.16. The Labute approximate surface area is 134 Å². The minimum atomic E-state index is -0.207. The first kappa shape index (κ1) is 15.7. The second-order valence-corrected chi connectivity index (χ2v) is 6.43. The van der Waals surface area contributed by atoms with E-state index in [9.17, 15) is 9.59 Å². The minimum Gasteiger partial charge on any atom is -0.340 e. The van der Waals surface area contributed by atoms with Crippen LogP contribution >= 0.6 is 0 Å². The lowest BCUT2D eigenvalue weighted by molar-refractivity contribution is -0.141. The Bertz CT molecular complexity index is 765. The molecule has 124 valence electrons. The number of H-pyrrole nitrogens is 1. The van der Waals surface area contributed by atoms with Crippen molar-refractivity contribution in [3.05, 3.63) is 28.4 Å². The number of fused-ring (bicyclic) bond motifs is 1. The topological polar surface area (TPSA) is 86.6 Å². The first-order valence-corrected chi connectivity index (χ1v) is 7.90. The summed E-state index contributed by atoms with van der Waals surface area (Å²) in [6.07, 6.45) is 1.43. The molecule has 1 atom stereocenters. The Morgan fingerprint density at radius 3 is 2.87 bits per heavy atom. The maximum atomic E-state index is 12.5. The summed E-state index contributed by atoms with van der Waals surface area (Å²) in [5.74, 6) is 0.953. The van der Waals surface area contributed by atoms with Crippen molar-refractivity contribution < 1.29 is 4.79 Å². The molecule has 1 N–H and O–H groups in total. The molecule has 0 aliphatic carbocycles. The van der Waals surface area contributed by atoms with Crippen molar-refractivity contribution in [3.63, 3.8) is 0 Å². The Balaban J connectivity index is 1.75. The smallest absolute Gasteiger partial charge is 0.274 e. The molecule has 0 saturated carbocycles. The fraction of sp³-hybridized carbons (Fsp3) is 0.600. The summed E-state index contributed by atoms with van der Waals surface area (Å²) in [5, 5.41) is 2.71. The second kappa shape index (κ2) is 6.11. The Morgan fingerprint density at radius 1 is 1.35 bits per heavy atom. The second-order valence-electron chi connectivity index (χ2n) is 6.43. The summed E-state index contributed by atoms with van der Waals surface area (Å²) in [6, 6.07) is 1.28. The molecule has 0 unspecified atom stereocenters. The molecule has 2 aromatic rings. The molecule has 3 heterocycles. The number of aromatic amines is 1. The average molecular weight is 318 g/mol. The zero-order chi connectivity index (χ0) is 16.6. The van der Waals surface area contributed by atoms with E-state index >= 15 is 0 Å². The van der Waals surface area contributed by atoms with Crippen molar-refractivity contribution in [2.45, 2.75) is 33.4 Å². The van der Waals surface area contributed by atoms with E-state index in [1.165, 1.54) is 16.9 Å². The molecule has 1 saturated heterocycles. The van der Waals surface area contributed by atoms with Gasteiger partial charge in [-0.2, -0.15) is 4.52 Å². The largest absolute Gasteiger partial charge is 0.340 e. The fourth-order valence-electron chi connectivity index (χ4n) is 2.97. The number of piperazine rings is 1. The molecule has 23 heavy (non-hydrogen) atoms. The van der Waals surface area contributed by atoms with Crippen LogP contribution in [0.25, 0.3) is 5.78 Å². The molecule has 8 nitrogen and oxygen atoms in total. The number of aromatic nitrogens is 4. The number of hydrogen-bond donors (Lipinski definition) is 1. The van der Waals surface area contributed by atoms with Gasteiger partial charge in [-0.15, -0.1) is 0 Å². The quantitative estimate of drug-likeness (QED) is 0.864. The van der Waals surface area contributed by atoms with Gasteiger partial charge < -0.3 is 4.90 Å². The molecule has 1 aliphatic rings. The molecule has 1 amide bonds. The number of nitrogens with zero attached hydrogens (tertiary/aromatic N) is 5. The molecule has 0 radical (unpaired) electrons. The van der Waals surface area contributed by atoms with E-state index < -0.39 is 0 Å². The molecule has 8 heteroatoms. The standard InChI is InChI=1S/C15H22N6O2/c1-10(2)7-20-5-4-19(11(3)14(20)23)8-12-6-13(22)21-15(18-12)16-9-17-21/h6,9-11H,4-5,7-8H2,1-3H3,(H,16,17,18)/t11-/m1/s1. The summed E-state index contributed by atoms with van der Waals surface area (Å²) in [5.41, 5.74) is 0.444. The number of carbonyl (C=O) groups is 1. The van der Waals surface area contributed by atoms with Crippen molar-refractivity contribution in [1.29, 1.82) is 0 Å². The lowest BCUT2D eigenvalue weighted by atomic mass is 10.1. The molecule has 1 fully saturated rings. The highest BCUT2D eigenvalue weighted by molar-refractivity contribution is 5.82. The van der Waals surface area contributed by atoms with Crippen LogP contribution in [0.2, 0.25) is 0 Å². The van der Waals surface area contributed by atoms with Gasteiger partial charge in [-0.25, -0.2) is 9.97 Å². The molecule has 0 spiro atoms. The molecule has 0 aromatic carbocycles. The van der Waals surface area contributed by atoms with E-state index in [1.54, 1.807) is 0 Å². The van der Waals surface area contributed by atoms with Crippen LogP contribution in [0.3, 0.4) is 0 Å². The van der Waals surface area contributed by atoms with E-state index in [-0.39, 0.29) is 17.5 Å². The maximum absolute atomic E-state index is 12.5. The maximum Gasteiger partial charge on any atom is 0.274 e. The zero-order valence-corrected chi connectivity index (χ0v) is 13.7. The highest BCUT2D eigenvalue weighted by Gasteiger charge is 2.31. The van der Waals surface area contributed by atoms with Crippen molar-refractivity contribution in [1.82, 2.24) is 29.4 Å². The first-order valence-electron chi connectivity index (χ1n) is 7.90. The van der Waals surface area contributed by atoms with Crippen LogP contribution in [-0.2, 0) is 11.3 Å². The molecular formula is C15H22N6O2. The van der Waals surface area contributed by atoms with Crippen molar-refractivity contribution in [3.8, 4) is 0 Å². The van der Waals surface area contributed by atoms with Gasteiger partial charge in [-0.1, -0.05) is 13.8 Å². The van der Waals surface area contributed by atoms with E-state index in [4.69, 9.17) is 0 Å².